The zero-order chi connectivity index (χ0) is 20.4. The summed E-state index contributed by atoms with van der Waals surface area (Å²) in [6, 6.07) is 17.5. The maximum Gasteiger partial charge on any atom is 0.255 e. The molecule has 4 rings (SSSR count). The number of rotatable bonds is 4. The number of methoxy groups -OCH3 is 1. The molecule has 0 spiro atoms. The second-order valence-corrected chi connectivity index (χ2v) is 7.41. The number of morpholine rings is 1. The first-order valence-corrected chi connectivity index (χ1v) is 9.96. The van der Waals surface area contributed by atoms with Gasteiger partial charge in [0.2, 0.25) is 0 Å². The van der Waals surface area contributed by atoms with Gasteiger partial charge in [-0.05, 0) is 42.8 Å². The third-order valence-corrected chi connectivity index (χ3v) is 5.48. The van der Waals surface area contributed by atoms with Crippen LogP contribution in [0.3, 0.4) is 0 Å². The van der Waals surface area contributed by atoms with E-state index in [2.05, 4.69) is 4.57 Å². The zero-order valence-electron chi connectivity index (χ0n) is 16.5. The molecule has 6 heteroatoms. The molecule has 1 saturated heterocycles. The lowest BCUT2D eigenvalue weighted by Crippen LogP contribution is -2.40. The Morgan fingerprint density at radius 3 is 2.48 bits per heavy atom. The number of ether oxygens (including phenoxy) is 2. The van der Waals surface area contributed by atoms with Crippen molar-refractivity contribution in [1.29, 1.82) is 0 Å². The Balaban J connectivity index is 1.86. The maximum atomic E-state index is 13.2. The number of amides is 1. The van der Waals surface area contributed by atoms with E-state index < -0.39 is 0 Å². The largest absolute Gasteiger partial charge is 0.497 e. The third kappa shape index (κ3) is 3.88. The molecule has 0 unspecified atom stereocenters. The van der Waals surface area contributed by atoms with Crippen LogP contribution in [0.4, 0.5) is 0 Å². The van der Waals surface area contributed by atoms with E-state index >= 15 is 0 Å². The van der Waals surface area contributed by atoms with Crippen LogP contribution in [0, 0.1) is 6.92 Å². The zero-order valence-corrected chi connectivity index (χ0v) is 17.3. The number of hydrogen-bond donors (Lipinski definition) is 0. The molecule has 1 amide bonds. The molecule has 3 aromatic rings. The Hall–Kier alpha value is -2.76. The van der Waals surface area contributed by atoms with Crippen LogP contribution >= 0.6 is 11.6 Å². The van der Waals surface area contributed by atoms with E-state index in [1.807, 2.05) is 66.4 Å². The summed E-state index contributed by atoms with van der Waals surface area (Å²) in [5, 5.41) is 0.676. The smallest absolute Gasteiger partial charge is 0.255 e. The van der Waals surface area contributed by atoms with E-state index in [0.717, 1.165) is 28.4 Å². The van der Waals surface area contributed by atoms with E-state index in [-0.39, 0.29) is 5.91 Å². The number of carbonyl (C=O) groups excluding carboxylic acids is 1. The molecule has 1 aliphatic rings. The van der Waals surface area contributed by atoms with Crippen molar-refractivity contribution >= 4 is 17.5 Å². The minimum Gasteiger partial charge on any atom is -0.497 e. The van der Waals surface area contributed by atoms with Crippen LogP contribution in [0.25, 0.3) is 16.9 Å². The number of nitrogens with zero attached hydrogens (tertiary/aromatic N) is 2. The topological polar surface area (TPSA) is 43.7 Å². The number of benzene rings is 2. The van der Waals surface area contributed by atoms with E-state index in [1.165, 1.54) is 0 Å². The Kier molecular flexibility index (Phi) is 5.60. The molecule has 0 N–H and O–H groups in total. The van der Waals surface area contributed by atoms with Crippen molar-refractivity contribution in [3.8, 4) is 22.7 Å². The normalized spacial score (nSPS) is 14.1. The predicted octanol–water partition coefficient (Wildman–Crippen LogP) is 4.59. The summed E-state index contributed by atoms with van der Waals surface area (Å²) in [4.78, 5) is 15.1. The van der Waals surface area contributed by atoms with Crippen molar-refractivity contribution in [2.24, 2.45) is 0 Å². The minimum atomic E-state index is 0.0302. The van der Waals surface area contributed by atoms with E-state index in [4.69, 9.17) is 21.1 Å². The molecule has 0 saturated carbocycles. The second-order valence-electron chi connectivity index (χ2n) is 6.98. The van der Waals surface area contributed by atoms with Crippen LogP contribution in [-0.2, 0) is 4.74 Å². The molecule has 1 fully saturated rings. The Labute approximate surface area is 175 Å². The minimum absolute atomic E-state index is 0.0302. The molecule has 0 bridgehead atoms. The summed E-state index contributed by atoms with van der Waals surface area (Å²) >= 11 is 6.09. The highest BCUT2D eigenvalue weighted by Gasteiger charge is 2.25. The fourth-order valence-electron chi connectivity index (χ4n) is 3.68. The fourth-order valence-corrected chi connectivity index (χ4v) is 3.80. The highest BCUT2D eigenvalue weighted by Crippen LogP contribution is 2.32. The quantitative estimate of drug-likeness (QED) is 0.632. The van der Waals surface area contributed by atoms with Crippen LogP contribution in [0.1, 0.15) is 16.1 Å². The van der Waals surface area contributed by atoms with Crippen molar-refractivity contribution in [2.45, 2.75) is 6.92 Å². The monoisotopic (exact) mass is 410 g/mol. The molecule has 150 valence electrons. The highest BCUT2D eigenvalue weighted by atomic mass is 35.5. The summed E-state index contributed by atoms with van der Waals surface area (Å²) in [6.45, 7) is 4.35. The van der Waals surface area contributed by atoms with Crippen molar-refractivity contribution in [3.05, 3.63) is 70.9 Å². The second kappa shape index (κ2) is 8.31. The molecule has 2 aromatic carbocycles. The average molecular weight is 411 g/mol. The van der Waals surface area contributed by atoms with Gasteiger partial charge in [0.05, 0.1) is 31.6 Å². The SMILES string of the molecule is COc1cccc(-n2c(-c3ccc(Cl)cc3)cc(C(=O)N3CCOCC3)c2C)c1. The van der Waals surface area contributed by atoms with E-state index in [1.54, 1.807) is 7.11 Å². The fraction of sp³-hybridized carbons (Fsp3) is 0.261. The molecule has 0 aliphatic carbocycles. The lowest BCUT2D eigenvalue weighted by molar-refractivity contribution is 0.0302. The standard InChI is InChI=1S/C23H23ClN2O3/c1-16-21(23(27)25-10-12-29-13-11-25)15-22(17-6-8-18(24)9-7-17)26(16)19-4-3-5-20(14-19)28-2/h3-9,14-15H,10-13H2,1-2H3. The summed E-state index contributed by atoms with van der Waals surface area (Å²) in [5.74, 6) is 0.793. The Morgan fingerprint density at radius 1 is 1.07 bits per heavy atom. The molecular formula is C23H23ClN2O3. The maximum absolute atomic E-state index is 13.2. The number of halogens is 1. The number of hydrogen-bond acceptors (Lipinski definition) is 3. The van der Waals surface area contributed by atoms with Crippen LogP contribution in [0.15, 0.2) is 54.6 Å². The molecule has 0 atom stereocenters. The van der Waals surface area contributed by atoms with Gasteiger partial charge < -0.3 is 18.9 Å². The highest BCUT2D eigenvalue weighted by molar-refractivity contribution is 6.30. The van der Waals surface area contributed by atoms with Gasteiger partial charge >= 0.3 is 0 Å². The molecule has 2 heterocycles. The summed E-state index contributed by atoms with van der Waals surface area (Å²) in [6.07, 6.45) is 0. The Morgan fingerprint density at radius 2 is 1.79 bits per heavy atom. The molecule has 1 aliphatic heterocycles. The summed E-state index contributed by atoms with van der Waals surface area (Å²) in [5.41, 5.74) is 4.44. The average Bonchev–Trinajstić information content (AvgIpc) is 3.11. The molecular weight excluding hydrogens is 388 g/mol. The molecule has 5 nitrogen and oxygen atoms in total. The molecule has 1 aromatic heterocycles. The van der Waals surface area contributed by atoms with Crippen LogP contribution in [0.5, 0.6) is 5.75 Å². The lowest BCUT2D eigenvalue weighted by Gasteiger charge is -2.26. The van der Waals surface area contributed by atoms with Crippen molar-refractivity contribution in [2.75, 3.05) is 33.4 Å². The van der Waals surface area contributed by atoms with Gasteiger partial charge in [-0.25, -0.2) is 0 Å². The van der Waals surface area contributed by atoms with Gasteiger partial charge in [-0.1, -0.05) is 29.8 Å². The number of aromatic nitrogens is 1. The number of carbonyl (C=O) groups is 1. The van der Waals surface area contributed by atoms with Gasteiger partial charge in [-0.2, -0.15) is 0 Å². The lowest BCUT2D eigenvalue weighted by atomic mass is 10.1. The van der Waals surface area contributed by atoms with Crippen LogP contribution < -0.4 is 4.74 Å². The van der Waals surface area contributed by atoms with Crippen molar-refractivity contribution in [3.63, 3.8) is 0 Å². The van der Waals surface area contributed by atoms with Crippen LogP contribution in [-0.4, -0.2) is 48.8 Å². The van der Waals surface area contributed by atoms with Crippen molar-refractivity contribution < 1.29 is 14.3 Å². The van der Waals surface area contributed by atoms with Gasteiger partial charge in [0.1, 0.15) is 5.75 Å². The molecule has 29 heavy (non-hydrogen) atoms. The first kappa shape index (κ1) is 19.6. The summed E-state index contributed by atoms with van der Waals surface area (Å²) in [7, 11) is 1.65. The Bertz CT molecular complexity index is 1020. The van der Waals surface area contributed by atoms with Gasteiger partial charge in [0.25, 0.3) is 5.91 Å². The van der Waals surface area contributed by atoms with Gasteiger partial charge in [0.15, 0.2) is 0 Å². The summed E-state index contributed by atoms with van der Waals surface area (Å²) < 4.78 is 12.9. The van der Waals surface area contributed by atoms with Gasteiger partial charge in [-0.15, -0.1) is 0 Å². The van der Waals surface area contributed by atoms with Gasteiger partial charge in [0, 0.05) is 35.6 Å². The van der Waals surface area contributed by atoms with Crippen LogP contribution in [0.2, 0.25) is 5.02 Å². The van der Waals surface area contributed by atoms with E-state index in [9.17, 15) is 4.79 Å². The first-order valence-electron chi connectivity index (χ1n) is 9.58. The first-order chi connectivity index (χ1) is 14.1. The predicted molar refractivity (Wildman–Crippen MR) is 114 cm³/mol. The molecule has 0 radical (unpaired) electrons. The third-order valence-electron chi connectivity index (χ3n) is 5.23. The van der Waals surface area contributed by atoms with Crippen molar-refractivity contribution in [1.82, 2.24) is 9.47 Å². The van der Waals surface area contributed by atoms with E-state index in [0.29, 0.717) is 36.9 Å². The van der Waals surface area contributed by atoms with Gasteiger partial charge in [-0.3, -0.25) is 4.79 Å².